The van der Waals surface area contributed by atoms with Gasteiger partial charge in [0.15, 0.2) is 0 Å². The summed E-state index contributed by atoms with van der Waals surface area (Å²) in [6.45, 7) is 2.09. The topological polar surface area (TPSA) is 128 Å². The number of benzene rings is 2. The fraction of sp³-hybridized carbons (Fsp3) is 0.360. The van der Waals surface area contributed by atoms with Gasteiger partial charge in [-0.1, -0.05) is 11.6 Å². The zero-order valence-electron chi connectivity index (χ0n) is 20.5. The van der Waals surface area contributed by atoms with E-state index in [-0.39, 0.29) is 47.4 Å². The molecule has 3 heterocycles. The molecule has 10 nitrogen and oxygen atoms in total. The molecule has 5 rings (SSSR count). The van der Waals surface area contributed by atoms with Crippen molar-refractivity contribution in [2.45, 2.75) is 18.3 Å². The predicted molar refractivity (Wildman–Crippen MR) is 139 cm³/mol. The largest absolute Gasteiger partial charge is 0.451 e. The van der Waals surface area contributed by atoms with Gasteiger partial charge in [0.1, 0.15) is 5.82 Å². The Morgan fingerprint density at radius 1 is 1.03 bits per heavy atom. The molecule has 0 spiro atoms. The van der Waals surface area contributed by atoms with Crippen LogP contribution in [0.5, 0.6) is 0 Å². The third-order valence-corrected chi connectivity index (χ3v) is 7.17. The highest BCUT2D eigenvalue weighted by molar-refractivity contribution is 6.30. The van der Waals surface area contributed by atoms with Gasteiger partial charge in [-0.15, -0.1) is 0 Å². The zero-order valence-corrected chi connectivity index (χ0v) is 21.3. The Kier molecular flexibility index (Phi) is 7.23. The quantitative estimate of drug-likeness (QED) is 0.445. The normalized spacial score (nSPS) is 20.4. The van der Waals surface area contributed by atoms with Crippen LogP contribution in [-0.4, -0.2) is 88.2 Å². The summed E-state index contributed by atoms with van der Waals surface area (Å²) >= 11 is 5.91. The standard InChI is InChI=1S/C25H25ClF3N7O3/c26-15-3-1-14(2-4-15)22(38)35-9-7-34(8-10-35)19-12-36(13-20(19)37)21-17-11-16(31-24(30)39)5-6-18(17)32-23(33-21)25(27,28)29/h1-6,11,19-20,37H,7-10,12-13H2,(H3,30,31,39). The minimum Gasteiger partial charge on any atom is -0.390 e. The lowest BCUT2D eigenvalue weighted by Crippen LogP contribution is -2.54. The summed E-state index contributed by atoms with van der Waals surface area (Å²) in [5.41, 5.74) is 6.03. The van der Waals surface area contributed by atoms with Crippen LogP contribution in [0.4, 0.5) is 29.5 Å². The van der Waals surface area contributed by atoms with Crippen molar-refractivity contribution < 1.29 is 27.9 Å². The number of nitrogens with one attached hydrogen (secondary N) is 1. The first kappa shape index (κ1) is 26.9. The second-order valence-electron chi connectivity index (χ2n) is 9.46. The lowest BCUT2D eigenvalue weighted by molar-refractivity contribution is -0.144. The highest BCUT2D eigenvalue weighted by Crippen LogP contribution is 2.35. The van der Waals surface area contributed by atoms with Crippen molar-refractivity contribution >= 4 is 45.9 Å². The van der Waals surface area contributed by atoms with E-state index in [1.807, 2.05) is 4.90 Å². The van der Waals surface area contributed by atoms with E-state index >= 15 is 0 Å². The van der Waals surface area contributed by atoms with Gasteiger partial charge in [-0.25, -0.2) is 14.8 Å². The maximum atomic E-state index is 13.6. The van der Waals surface area contributed by atoms with Crippen LogP contribution >= 0.6 is 11.6 Å². The van der Waals surface area contributed by atoms with Crippen LogP contribution in [0.2, 0.25) is 5.02 Å². The fourth-order valence-electron chi connectivity index (χ4n) is 5.03. The van der Waals surface area contributed by atoms with E-state index in [1.54, 1.807) is 34.1 Å². The van der Waals surface area contributed by atoms with Gasteiger partial charge in [0.05, 0.1) is 17.7 Å². The van der Waals surface area contributed by atoms with Crippen LogP contribution in [0.3, 0.4) is 0 Å². The maximum absolute atomic E-state index is 13.6. The van der Waals surface area contributed by atoms with E-state index in [9.17, 15) is 27.9 Å². The van der Waals surface area contributed by atoms with Gasteiger partial charge in [-0.05, 0) is 42.5 Å². The van der Waals surface area contributed by atoms with Crippen LogP contribution < -0.4 is 16.0 Å². The molecule has 0 bridgehead atoms. The number of hydrogen-bond acceptors (Lipinski definition) is 7. The number of aliphatic hydroxyl groups excluding tert-OH is 1. The molecule has 2 aromatic carbocycles. The highest BCUT2D eigenvalue weighted by atomic mass is 35.5. The zero-order chi connectivity index (χ0) is 27.9. The number of alkyl halides is 3. The number of aliphatic hydroxyl groups is 1. The van der Waals surface area contributed by atoms with Crippen molar-refractivity contribution in [3.8, 4) is 0 Å². The number of fused-ring (bicyclic) bond motifs is 1. The third-order valence-electron chi connectivity index (χ3n) is 6.92. The molecular weight excluding hydrogens is 539 g/mol. The summed E-state index contributed by atoms with van der Waals surface area (Å²) in [6.07, 6.45) is -5.65. The molecule has 4 N–H and O–H groups in total. The van der Waals surface area contributed by atoms with Crippen molar-refractivity contribution in [3.63, 3.8) is 0 Å². The monoisotopic (exact) mass is 563 g/mol. The van der Waals surface area contributed by atoms with Gasteiger partial charge in [-0.3, -0.25) is 9.69 Å². The Morgan fingerprint density at radius 2 is 1.72 bits per heavy atom. The minimum atomic E-state index is -4.78. The number of urea groups is 1. The number of primary amides is 1. The fourth-order valence-corrected chi connectivity index (χ4v) is 5.16. The van der Waals surface area contributed by atoms with Gasteiger partial charge >= 0.3 is 12.2 Å². The average Bonchev–Trinajstić information content (AvgIpc) is 3.28. The highest BCUT2D eigenvalue weighted by Gasteiger charge is 2.40. The lowest BCUT2D eigenvalue weighted by atomic mass is 10.1. The second-order valence-corrected chi connectivity index (χ2v) is 9.90. The molecule has 3 amide bonds. The molecular formula is C25H25ClF3N7O3. The molecule has 2 atom stereocenters. The molecule has 2 aliphatic rings. The molecule has 0 radical (unpaired) electrons. The SMILES string of the molecule is NC(=O)Nc1ccc2nc(C(F)(F)F)nc(N3CC(O)C(N4CCN(C(=O)c5ccc(Cl)cc5)CC4)C3)c2c1. The van der Waals surface area contributed by atoms with Crippen molar-refractivity contribution in [1.82, 2.24) is 19.8 Å². The molecule has 206 valence electrons. The van der Waals surface area contributed by atoms with E-state index in [0.29, 0.717) is 36.8 Å². The van der Waals surface area contributed by atoms with Crippen molar-refractivity contribution in [1.29, 1.82) is 0 Å². The Morgan fingerprint density at radius 3 is 2.36 bits per heavy atom. The average molecular weight is 564 g/mol. The first-order chi connectivity index (χ1) is 18.5. The van der Waals surface area contributed by atoms with Crippen LogP contribution in [0.1, 0.15) is 16.2 Å². The number of rotatable bonds is 4. The number of piperazine rings is 1. The number of carbonyl (C=O) groups excluding carboxylic acids is 2. The van der Waals surface area contributed by atoms with Gasteiger partial charge < -0.3 is 26.0 Å². The number of carbonyl (C=O) groups is 2. The van der Waals surface area contributed by atoms with E-state index in [0.717, 1.165) is 0 Å². The van der Waals surface area contributed by atoms with Gasteiger partial charge in [0.2, 0.25) is 5.82 Å². The number of anilines is 2. The number of aromatic nitrogens is 2. The Hall–Kier alpha value is -3.68. The molecule has 39 heavy (non-hydrogen) atoms. The van der Waals surface area contributed by atoms with Crippen molar-refractivity contribution in [2.75, 3.05) is 49.5 Å². The van der Waals surface area contributed by atoms with Crippen LogP contribution in [0.15, 0.2) is 42.5 Å². The lowest BCUT2D eigenvalue weighted by Gasteiger charge is -2.38. The van der Waals surface area contributed by atoms with Gasteiger partial charge in [0, 0.05) is 60.9 Å². The second kappa shape index (κ2) is 10.5. The van der Waals surface area contributed by atoms with E-state index in [4.69, 9.17) is 17.3 Å². The molecule has 14 heteroatoms. The summed E-state index contributed by atoms with van der Waals surface area (Å²) in [5.74, 6) is -1.42. The summed E-state index contributed by atoms with van der Waals surface area (Å²) in [7, 11) is 0. The predicted octanol–water partition coefficient (Wildman–Crippen LogP) is 2.80. The van der Waals surface area contributed by atoms with Gasteiger partial charge in [0.25, 0.3) is 5.91 Å². The number of nitrogens with two attached hydrogens (primary N) is 1. The van der Waals surface area contributed by atoms with E-state index in [2.05, 4.69) is 15.3 Å². The molecule has 0 saturated carbocycles. The smallest absolute Gasteiger partial charge is 0.390 e. The first-order valence-electron chi connectivity index (χ1n) is 12.2. The maximum Gasteiger partial charge on any atom is 0.451 e. The number of halogens is 4. The van der Waals surface area contributed by atoms with Gasteiger partial charge in [-0.2, -0.15) is 13.2 Å². The summed E-state index contributed by atoms with van der Waals surface area (Å²) in [6, 6.07) is 9.64. The molecule has 1 aromatic heterocycles. The van der Waals surface area contributed by atoms with E-state index < -0.39 is 24.1 Å². The Labute approximate surface area is 226 Å². The summed E-state index contributed by atoms with van der Waals surface area (Å²) in [5, 5.41) is 14.1. The van der Waals surface area contributed by atoms with E-state index in [1.165, 1.54) is 18.2 Å². The molecule has 2 fully saturated rings. The Balaban J connectivity index is 1.35. The molecule has 0 aliphatic carbocycles. The van der Waals surface area contributed by atoms with Crippen LogP contribution in [-0.2, 0) is 6.18 Å². The minimum absolute atomic E-state index is 0.00134. The first-order valence-corrected chi connectivity index (χ1v) is 12.5. The van der Waals surface area contributed by atoms with Crippen molar-refractivity contribution in [2.24, 2.45) is 5.73 Å². The van der Waals surface area contributed by atoms with Crippen LogP contribution in [0, 0.1) is 0 Å². The number of hydrogen-bond donors (Lipinski definition) is 3. The molecule has 2 saturated heterocycles. The summed E-state index contributed by atoms with van der Waals surface area (Å²) in [4.78, 5) is 37.0. The number of nitrogens with zero attached hydrogens (tertiary/aromatic N) is 5. The van der Waals surface area contributed by atoms with Crippen LogP contribution in [0.25, 0.3) is 10.9 Å². The number of amides is 3. The van der Waals surface area contributed by atoms with Crippen molar-refractivity contribution in [3.05, 3.63) is 58.9 Å². The summed E-state index contributed by atoms with van der Waals surface area (Å²) < 4.78 is 40.8. The Bertz CT molecular complexity index is 1400. The molecule has 2 unspecified atom stereocenters. The molecule has 3 aromatic rings. The third kappa shape index (κ3) is 5.70. The number of β-amino-alcohol motifs (C(OH)–C–C–N with tert-alkyl or cyclic N) is 1. The molecule has 2 aliphatic heterocycles.